The van der Waals surface area contributed by atoms with Crippen LogP contribution in [0.15, 0.2) is 207 Å². The number of anilines is 3. The molecule has 0 unspecified atom stereocenters. The third kappa shape index (κ3) is 5.27. The summed E-state index contributed by atoms with van der Waals surface area (Å²) in [5, 5.41) is 4.63. The predicted molar refractivity (Wildman–Crippen MR) is 230 cm³/mol. The van der Waals surface area contributed by atoms with E-state index in [4.69, 9.17) is 0 Å². The normalized spacial score (nSPS) is 11.6. The predicted octanol–water partition coefficient (Wildman–Crippen LogP) is 12.6. The minimum absolute atomic E-state index is 1.08. The first-order chi connectivity index (χ1) is 27.8. The van der Waals surface area contributed by atoms with E-state index < -0.39 is 0 Å². The van der Waals surface area contributed by atoms with Crippen LogP contribution in [-0.4, -0.2) is 23.7 Å². The molecule has 5 heterocycles. The number of nitrogens with zero attached hydrogens (tertiary/aromatic N) is 6. The van der Waals surface area contributed by atoms with Crippen molar-refractivity contribution in [3.8, 4) is 28.2 Å². The number of rotatable bonds is 7. The van der Waals surface area contributed by atoms with Crippen molar-refractivity contribution in [2.45, 2.75) is 0 Å². The average molecular weight is 719 g/mol. The molecule has 0 saturated carbocycles. The van der Waals surface area contributed by atoms with Gasteiger partial charge in [-0.15, -0.1) is 0 Å². The number of pyridine rings is 2. The second-order valence-corrected chi connectivity index (χ2v) is 14.1. The van der Waals surface area contributed by atoms with Crippen LogP contribution in [0.4, 0.5) is 17.1 Å². The maximum atomic E-state index is 4.35. The zero-order valence-electron chi connectivity index (χ0n) is 30.3. The summed E-state index contributed by atoms with van der Waals surface area (Å²) in [5.74, 6) is 0. The Kier molecular flexibility index (Phi) is 7.38. The van der Waals surface area contributed by atoms with Gasteiger partial charge >= 0.3 is 0 Å². The molecule has 56 heavy (non-hydrogen) atoms. The summed E-state index contributed by atoms with van der Waals surface area (Å²) in [5.41, 5.74) is 13.5. The van der Waals surface area contributed by atoms with Gasteiger partial charge in [0.15, 0.2) is 0 Å². The number of aromatic nitrogens is 5. The molecule has 264 valence electrons. The molecule has 11 rings (SSSR count). The molecule has 0 N–H and O–H groups in total. The summed E-state index contributed by atoms with van der Waals surface area (Å²) in [7, 11) is 0. The first kappa shape index (κ1) is 31.8. The van der Waals surface area contributed by atoms with Crippen molar-refractivity contribution in [1.82, 2.24) is 23.7 Å². The average Bonchev–Trinajstić information content (AvgIpc) is 3.99. The lowest BCUT2D eigenvalue weighted by Gasteiger charge is -2.25. The summed E-state index contributed by atoms with van der Waals surface area (Å²) in [6, 6.07) is 60.9. The van der Waals surface area contributed by atoms with Gasteiger partial charge in [0.2, 0.25) is 0 Å². The molecule has 0 spiro atoms. The van der Waals surface area contributed by atoms with Gasteiger partial charge < -0.3 is 18.6 Å². The Balaban J connectivity index is 1.04. The van der Waals surface area contributed by atoms with Gasteiger partial charge in [0, 0.05) is 92.9 Å². The van der Waals surface area contributed by atoms with E-state index in [2.05, 4.69) is 211 Å². The van der Waals surface area contributed by atoms with E-state index in [0.29, 0.717) is 0 Å². The van der Waals surface area contributed by atoms with E-state index >= 15 is 0 Å². The Morgan fingerprint density at radius 3 is 1.57 bits per heavy atom. The highest BCUT2D eigenvalue weighted by atomic mass is 15.1. The van der Waals surface area contributed by atoms with Crippen molar-refractivity contribution in [2.24, 2.45) is 0 Å². The number of benzene rings is 6. The molecule has 0 amide bonds. The molecule has 0 atom stereocenters. The second kappa shape index (κ2) is 13.0. The van der Waals surface area contributed by atoms with E-state index in [-0.39, 0.29) is 0 Å². The molecule has 0 radical (unpaired) electrons. The van der Waals surface area contributed by atoms with E-state index in [9.17, 15) is 0 Å². The first-order valence-electron chi connectivity index (χ1n) is 18.8. The number of hydrogen-bond donors (Lipinski definition) is 0. The van der Waals surface area contributed by atoms with Crippen LogP contribution in [0, 0.1) is 0 Å². The highest BCUT2D eigenvalue weighted by Crippen LogP contribution is 2.40. The molecule has 0 bridgehead atoms. The van der Waals surface area contributed by atoms with E-state index in [1.807, 2.05) is 24.8 Å². The molecule has 6 heteroatoms. The number of fused-ring (bicyclic) bond motifs is 5. The second-order valence-electron chi connectivity index (χ2n) is 14.1. The molecule has 5 aromatic heterocycles. The van der Waals surface area contributed by atoms with Crippen molar-refractivity contribution in [3.63, 3.8) is 0 Å². The van der Waals surface area contributed by atoms with Gasteiger partial charge in [-0.3, -0.25) is 9.97 Å². The summed E-state index contributed by atoms with van der Waals surface area (Å²) in [6.07, 6.45) is 11.8. The Labute approximate surface area is 323 Å². The van der Waals surface area contributed by atoms with Crippen LogP contribution in [0.2, 0.25) is 0 Å². The fourth-order valence-electron chi connectivity index (χ4n) is 8.24. The van der Waals surface area contributed by atoms with E-state index in [1.54, 1.807) is 0 Å². The van der Waals surface area contributed by atoms with Gasteiger partial charge in [-0.25, -0.2) is 0 Å². The summed E-state index contributed by atoms with van der Waals surface area (Å²) < 4.78 is 6.87. The molecule has 0 fully saturated rings. The Morgan fingerprint density at radius 2 is 0.946 bits per heavy atom. The monoisotopic (exact) mass is 718 g/mol. The minimum Gasteiger partial charge on any atom is -0.316 e. The van der Waals surface area contributed by atoms with Gasteiger partial charge in [0.1, 0.15) is 0 Å². The third-order valence-electron chi connectivity index (χ3n) is 10.8. The Hall–Kier alpha value is -7.70. The van der Waals surface area contributed by atoms with Crippen LogP contribution < -0.4 is 4.90 Å². The zero-order valence-corrected chi connectivity index (χ0v) is 30.3. The summed E-state index contributed by atoms with van der Waals surface area (Å²) >= 11 is 0. The van der Waals surface area contributed by atoms with Crippen LogP contribution in [0.1, 0.15) is 0 Å². The molecular weight excluding hydrogens is 685 g/mol. The molecule has 0 aliphatic heterocycles. The lowest BCUT2D eigenvalue weighted by molar-refractivity contribution is 1.08. The molecule has 0 aliphatic rings. The lowest BCUT2D eigenvalue weighted by atomic mass is 10.0. The van der Waals surface area contributed by atoms with Gasteiger partial charge in [-0.05, 0) is 114 Å². The molecular formula is C50H34N6. The summed E-state index contributed by atoms with van der Waals surface area (Å²) in [4.78, 5) is 11.0. The van der Waals surface area contributed by atoms with Gasteiger partial charge in [0.05, 0.1) is 22.1 Å². The van der Waals surface area contributed by atoms with Crippen molar-refractivity contribution in [2.75, 3.05) is 4.90 Å². The van der Waals surface area contributed by atoms with Crippen LogP contribution in [0.5, 0.6) is 0 Å². The molecule has 0 aliphatic carbocycles. The first-order valence-corrected chi connectivity index (χ1v) is 18.8. The maximum Gasteiger partial charge on any atom is 0.0559 e. The fourth-order valence-corrected chi connectivity index (χ4v) is 8.24. The van der Waals surface area contributed by atoms with Crippen molar-refractivity contribution < 1.29 is 0 Å². The lowest BCUT2D eigenvalue weighted by Crippen LogP contribution is -2.09. The SMILES string of the molecule is c1ccc(N(c2ccccc2)c2ccc3c(c2)c2ccccc2n3-c2ccc(-c3cc(-n4ccc5cnccc54)cc(-n4ccc5cnccc54)c3)cc2)cc1. The minimum atomic E-state index is 1.08. The van der Waals surface area contributed by atoms with Crippen LogP contribution in [0.3, 0.4) is 0 Å². The van der Waals surface area contributed by atoms with Crippen LogP contribution in [-0.2, 0) is 0 Å². The Bertz CT molecular complexity index is 3060. The molecule has 6 nitrogen and oxygen atoms in total. The van der Waals surface area contributed by atoms with E-state index in [0.717, 1.165) is 72.6 Å². The highest BCUT2D eigenvalue weighted by Gasteiger charge is 2.18. The van der Waals surface area contributed by atoms with Crippen LogP contribution in [0.25, 0.3) is 71.8 Å². The smallest absolute Gasteiger partial charge is 0.0559 e. The quantitative estimate of drug-likeness (QED) is 0.165. The molecule has 6 aromatic carbocycles. The van der Waals surface area contributed by atoms with Crippen molar-refractivity contribution in [3.05, 3.63) is 207 Å². The van der Waals surface area contributed by atoms with Gasteiger partial charge in [-0.2, -0.15) is 0 Å². The molecule has 11 aromatic rings. The largest absolute Gasteiger partial charge is 0.316 e. The Morgan fingerprint density at radius 1 is 0.375 bits per heavy atom. The zero-order chi connectivity index (χ0) is 37.0. The van der Waals surface area contributed by atoms with Gasteiger partial charge in [-0.1, -0.05) is 66.7 Å². The van der Waals surface area contributed by atoms with E-state index in [1.165, 1.54) is 16.3 Å². The number of para-hydroxylation sites is 3. The van der Waals surface area contributed by atoms with Crippen molar-refractivity contribution in [1.29, 1.82) is 0 Å². The van der Waals surface area contributed by atoms with Crippen molar-refractivity contribution >= 4 is 60.7 Å². The summed E-state index contributed by atoms with van der Waals surface area (Å²) in [6.45, 7) is 0. The maximum absolute atomic E-state index is 4.35. The highest BCUT2D eigenvalue weighted by molar-refractivity contribution is 6.10. The molecule has 0 saturated heterocycles. The third-order valence-corrected chi connectivity index (χ3v) is 10.8. The standard InChI is InChI=1S/C50H34N6/c1-3-9-39(10-4-1)55(40-11-5-2-6-12-40)42-19-20-50-46(32-42)45-13-7-8-14-49(45)56(50)41-17-15-35(16-18-41)38-29-43(53-27-23-36-33-51-25-21-47(36)53)31-44(30-38)54-28-24-37-34-52-26-22-48(37)54/h1-34H. The van der Waals surface area contributed by atoms with Crippen LogP contribution >= 0.6 is 0 Å². The number of hydrogen-bond acceptors (Lipinski definition) is 3. The fraction of sp³-hybridized carbons (Fsp3) is 0. The van der Waals surface area contributed by atoms with Gasteiger partial charge in [0.25, 0.3) is 0 Å². The topological polar surface area (TPSA) is 43.8 Å².